The van der Waals surface area contributed by atoms with E-state index in [-0.39, 0.29) is 12.2 Å². The summed E-state index contributed by atoms with van der Waals surface area (Å²) in [7, 11) is 0. The Morgan fingerprint density at radius 1 is 1.40 bits per heavy atom. The van der Waals surface area contributed by atoms with Crippen molar-refractivity contribution in [2.45, 2.75) is 17.4 Å². The normalized spacial score (nSPS) is 17.1. The van der Waals surface area contributed by atoms with Crippen LogP contribution in [0.5, 0.6) is 5.75 Å². The molecule has 4 nitrogen and oxygen atoms in total. The minimum absolute atomic E-state index is 0.0340. The number of ketones is 1. The van der Waals surface area contributed by atoms with Crippen LogP contribution in [0.25, 0.3) is 0 Å². The van der Waals surface area contributed by atoms with E-state index in [2.05, 4.69) is 4.98 Å². The lowest BCUT2D eigenvalue weighted by Crippen LogP contribution is -2.33. The van der Waals surface area contributed by atoms with E-state index in [0.29, 0.717) is 11.4 Å². The Bertz CT molecular complexity index is 645. The first-order valence-electron chi connectivity index (χ1n) is 6.33. The summed E-state index contributed by atoms with van der Waals surface area (Å²) < 4.78 is 5.77. The fraction of sp³-hybridized carbons (Fsp3) is 0.200. The summed E-state index contributed by atoms with van der Waals surface area (Å²) in [5.74, 6) is 1.45. The van der Waals surface area contributed by atoms with Gasteiger partial charge < -0.3 is 10.5 Å². The highest BCUT2D eigenvalue weighted by molar-refractivity contribution is 7.99. The van der Waals surface area contributed by atoms with Gasteiger partial charge in [0, 0.05) is 40.7 Å². The number of ether oxygens (including phenoxy) is 1. The monoisotopic (exact) mass is 286 g/mol. The molecular formula is C15H14N2O2S. The van der Waals surface area contributed by atoms with Crippen molar-refractivity contribution >= 4 is 23.2 Å². The topological polar surface area (TPSA) is 65.2 Å². The predicted molar refractivity (Wildman–Crippen MR) is 78.9 cm³/mol. The molecule has 2 aromatic rings. The number of benzene rings is 1. The lowest BCUT2D eigenvalue weighted by molar-refractivity contribution is -0.124. The highest BCUT2D eigenvalue weighted by Crippen LogP contribution is 2.35. The third-order valence-electron chi connectivity index (χ3n) is 3.17. The number of rotatable bonds is 3. The Labute approximate surface area is 121 Å². The van der Waals surface area contributed by atoms with Crippen LogP contribution in [-0.2, 0) is 11.2 Å². The molecule has 0 saturated carbocycles. The number of pyridine rings is 1. The van der Waals surface area contributed by atoms with Gasteiger partial charge in [-0.3, -0.25) is 9.78 Å². The average Bonchev–Trinajstić information content (AvgIpc) is 2.49. The molecule has 1 aromatic heterocycles. The number of hydrogen-bond acceptors (Lipinski definition) is 5. The van der Waals surface area contributed by atoms with Crippen LogP contribution in [0.4, 0.5) is 5.69 Å². The van der Waals surface area contributed by atoms with Crippen molar-refractivity contribution in [3.05, 3.63) is 48.3 Å². The Morgan fingerprint density at radius 3 is 3.10 bits per heavy atom. The van der Waals surface area contributed by atoms with Crippen molar-refractivity contribution < 1.29 is 9.53 Å². The quantitative estimate of drug-likeness (QED) is 0.938. The second-order valence-electron chi connectivity index (χ2n) is 4.58. The molecule has 0 aliphatic carbocycles. The molecule has 1 aromatic carbocycles. The van der Waals surface area contributed by atoms with E-state index in [1.165, 1.54) is 0 Å². The molecule has 0 radical (unpaired) electrons. The number of carbonyl (C=O) groups excluding carboxylic acids is 1. The van der Waals surface area contributed by atoms with E-state index in [1.54, 1.807) is 30.2 Å². The molecule has 0 fully saturated rings. The number of nitrogens with zero attached hydrogens (tertiary/aromatic N) is 1. The molecule has 102 valence electrons. The minimum atomic E-state index is -0.422. The van der Waals surface area contributed by atoms with Crippen LogP contribution in [0.2, 0.25) is 0 Å². The first-order valence-corrected chi connectivity index (χ1v) is 7.32. The van der Waals surface area contributed by atoms with Crippen molar-refractivity contribution in [2.24, 2.45) is 0 Å². The van der Waals surface area contributed by atoms with E-state index in [9.17, 15) is 4.79 Å². The maximum Gasteiger partial charge on any atom is 0.178 e. The van der Waals surface area contributed by atoms with Crippen LogP contribution in [0.15, 0.2) is 47.6 Å². The highest BCUT2D eigenvalue weighted by Gasteiger charge is 2.26. The predicted octanol–water partition coefficient (Wildman–Crippen LogP) is 2.33. The number of Topliss-reactive ketones (excluding diaryl/α,β-unsaturated/α-hetero) is 1. The summed E-state index contributed by atoms with van der Waals surface area (Å²) in [6.45, 7) is 0. The lowest BCUT2D eigenvalue weighted by Gasteiger charge is -2.24. The van der Waals surface area contributed by atoms with E-state index >= 15 is 0 Å². The molecule has 0 saturated heterocycles. The SMILES string of the molecule is Nc1ccncc1CC(=O)C1CSc2ccccc2O1. The van der Waals surface area contributed by atoms with Crippen molar-refractivity contribution in [1.82, 2.24) is 4.98 Å². The van der Waals surface area contributed by atoms with Crippen molar-refractivity contribution in [3.63, 3.8) is 0 Å². The number of nitrogen functional groups attached to an aromatic ring is 1. The number of para-hydroxylation sites is 1. The Kier molecular flexibility index (Phi) is 3.60. The average molecular weight is 286 g/mol. The fourth-order valence-corrected chi connectivity index (χ4v) is 3.08. The summed E-state index contributed by atoms with van der Waals surface area (Å²) in [6, 6.07) is 9.47. The molecule has 1 aliphatic rings. The number of nitrogens with two attached hydrogens (primary N) is 1. The van der Waals surface area contributed by atoms with Crippen LogP contribution in [-0.4, -0.2) is 22.6 Å². The van der Waals surface area contributed by atoms with Crippen molar-refractivity contribution in [3.8, 4) is 5.75 Å². The van der Waals surface area contributed by atoms with Crippen LogP contribution in [0.3, 0.4) is 0 Å². The van der Waals surface area contributed by atoms with Gasteiger partial charge in [0.15, 0.2) is 11.9 Å². The number of thioether (sulfide) groups is 1. The van der Waals surface area contributed by atoms with Gasteiger partial charge in [-0.25, -0.2) is 0 Å². The zero-order valence-electron chi connectivity index (χ0n) is 10.8. The number of aromatic nitrogens is 1. The molecule has 1 aliphatic heterocycles. The van der Waals surface area contributed by atoms with E-state index < -0.39 is 6.10 Å². The summed E-state index contributed by atoms with van der Waals surface area (Å²) >= 11 is 1.65. The molecular weight excluding hydrogens is 272 g/mol. The smallest absolute Gasteiger partial charge is 0.178 e. The molecule has 2 heterocycles. The van der Waals surface area contributed by atoms with E-state index in [4.69, 9.17) is 10.5 Å². The summed E-state index contributed by atoms with van der Waals surface area (Å²) in [5.41, 5.74) is 7.19. The second kappa shape index (κ2) is 5.54. The molecule has 1 unspecified atom stereocenters. The Morgan fingerprint density at radius 2 is 2.25 bits per heavy atom. The Hall–Kier alpha value is -2.01. The van der Waals surface area contributed by atoms with E-state index in [1.807, 2.05) is 24.3 Å². The maximum absolute atomic E-state index is 12.3. The number of fused-ring (bicyclic) bond motifs is 1. The summed E-state index contributed by atoms with van der Waals surface area (Å²) in [6.07, 6.45) is 3.09. The number of hydrogen-bond donors (Lipinski definition) is 1. The fourth-order valence-electron chi connectivity index (χ4n) is 2.07. The van der Waals surface area contributed by atoms with Crippen molar-refractivity contribution in [1.29, 1.82) is 0 Å². The van der Waals surface area contributed by atoms with Crippen LogP contribution < -0.4 is 10.5 Å². The molecule has 0 spiro atoms. The standard InChI is InChI=1S/C15H14N2O2S/c16-11-5-6-17-8-10(11)7-12(18)14-9-20-15-4-2-1-3-13(15)19-14/h1-6,8,14H,7,9H2,(H2,16,17). The van der Waals surface area contributed by atoms with Gasteiger partial charge in [-0.05, 0) is 18.2 Å². The zero-order chi connectivity index (χ0) is 13.9. The van der Waals surface area contributed by atoms with Gasteiger partial charge in [0.2, 0.25) is 0 Å². The Balaban J connectivity index is 1.72. The van der Waals surface area contributed by atoms with E-state index in [0.717, 1.165) is 16.2 Å². The molecule has 3 rings (SSSR count). The molecule has 20 heavy (non-hydrogen) atoms. The number of carbonyl (C=O) groups is 1. The van der Waals surface area contributed by atoms with Gasteiger partial charge in [-0.2, -0.15) is 0 Å². The largest absolute Gasteiger partial charge is 0.481 e. The zero-order valence-corrected chi connectivity index (χ0v) is 11.6. The van der Waals surface area contributed by atoms with Gasteiger partial charge in [0.05, 0.1) is 0 Å². The minimum Gasteiger partial charge on any atom is -0.481 e. The van der Waals surface area contributed by atoms with Gasteiger partial charge in [-0.15, -0.1) is 11.8 Å². The van der Waals surface area contributed by atoms with Crippen LogP contribution in [0, 0.1) is 0 Å². The summed E-state index contributed by atoms with van der Waals surface area (Å²) in [4.78, 5) is 17.4. The van der Waals surface area contributed by atoms with Gasteiger partial charge in [0.25, 0.3) is 0 Å². The molecule has 2 N–H and O–H groups in total. The van der Waals surface area contributed by atoms with Crippen LogP contribution >= 0.6 is 11.8 Å². The third kappa shape index (κ3) is 2.63. The van der Waals surface area contributed by atoms with Crippen molar-refractivity contribution in [2.75, 3.05) is 11.5 Å². The molecule has 0 bridgehead atoms. The molecule has 5 heteroatoms. The highest BCUT2D eigenvalue weighted by atomic mass is 32.2. The second-order valence-corrected chi connectivity index (χ2v) is 5.64. The van der Waals surface area contributed by atoms with Gasteiger partial charge >= 0.3 is 0 Å². The van der Waals surface area contributed by atoms with Gasteiger partial charge in [0.1, 0.15) is 5.75 Å². The third-order valence-corrected chi connectivity index (χ3v) is 4.29. The first-order chi connectivity index (χ1) is 9.74. The van der Waals surface area contributed by atoms with Crippen LogP contribution in [0.1, 0.15) is 5.56 Å². The lowest BCUT2D eigenvalue weighted by atomic mass is 10.1. The number of anilines is 1. The van der Waals surface area contributed by atoms with Gasteiger partial charge in [-0.1, -0.05) is 12.1 Å². The molecule has 0 amide bonds. The molecule has 1 atom stereocenters. The summed E-state index contributed by atoms with van der Waals surface area (Å²) in [5, 5.41) is 0. The maximum atomic E-state index is 12.3. The first kappa shape index (κ1) is 13.0.